The molecule has 0 saturated heterocycles. The summed E-state index contributed by atoms with van der Waals surface area (Å²) in [5.74, 6) is 0.0743. The van der Waals surface area contributed by atoms with Crippen molar-refractivity contribution in [2.75, 3.05) is 5.73 Å². The van der Waals surface area contributed by atoms with Crippen molar-refractivity contribution >= 4 is 29.0 Å². The van der Waals surface area contributed by atoms with Gasteiger partial charge in [-0.3, -0.25) is 0 Å². The van der Waals surface area contributed by atoms with Crippen molar-refractivity contribution in [3.63, 3.8) is 0 Å². The van der Waals surface area contributed by atoms with Crippen LogP contribution in [0.2, 0.25) is 10.0 Å². The second-order valence-electron chi connectivity index (χ2n) is 6.71. The number of benzene rings is 2. The molecule has 0 spiro atoms. The summed E-state index contributed by atoms with van der Waals surface area (Å²) in [6.45, 7) is 3.47. The molecule has 3 N–H and O–H groups in total. The van der Waals surface area contributed by atoms with Crippen LogP contribution in [0.1, 0.15) is 29.7 Å². The molecule has 1 unspecified atom stereocenters. The third-order valence-corrected chi connectivity index (χ3v) is 5.56. The highest BCUT2D eigenvalue weighted by atomic mass is 35.5. The Kier molecular flexibility index (Phi) is 5.15. The van der Waals surface area contributed by atoms with Gasteiger partial charge in [-0.1, -0.05) is 35.3 Å². The van der Waals surface area contributed by atoms with Gasteiger partial charge in [0.25, 0.3) is 0 Å². The standard InChI is InChI=1S/C21H18Cl2FN3O/c1-11(19-16(22)4-5-17(24)20(19)23)28-18-7-15(10-27-21(18)25)12-2-3-13-8-26-9-14(13)6-12/h2-7,10-11,26H,8-9H2,1H3,(H2,25,27). The molecule has 4 rings (SSSR count). The number of nitrogens with one attached hydrogen (secondary N) is 1. The van der Waals surface area contributed by atoms with Crippen molar-refractivity contribution in [1.82, 2.24) is 10.3 Å². The number of hydrogen-bond donors (Lipinski definition) is 2. The van der Waals surface area contributed by atoms with Gasteiger partial charge in [0.05, 0.1) is 5.02 Å². The highest BCUT2D eigenvalue weighted by Crippen LogP contribution is 2.37. The molecule has 7 heteroatoms. The number of halogens is 3. The van der Waals surface area contributed by atoms with Crippen molar-refractivity contribution in [1.29, 1.82) is 0 Å². The number of fused-ring (bicyclic) bond motifs is 1. The van der Waals surface area contributed by atoms with Crippen LogP contribution in [-0.2, 0) is 13.1 Å². The SMILES string of the molecule is CC(Oc1cc(-c2ccc3c(c2)CNC3)cnc1N)c1c(Cl)ccc(F)c1Cl. The summed E-state index contributed by atoms with van der Waals surface area (Å²) in [7, 11) is 0. The average Bonchev–Trinajstić information content (AvgIpc) is 3.14. The summed E-state index contributed by atoms with van der Waals surface area (Å²) in [6, 6.07) is 10.8. The fraction of sp³-hybridized carbons (Fsp3) is 0.190. The molecule has 1 aliphatic rings. The molecule has 1 aliphatic heterocycles. The molecule has 4 nitrogen and oxygen atoms in total. The molecule has 0 fully saturated rings. The number of nitrogens with zero attached hydrogens (tertiary/aromatic N) is 1. The third-order valence-electron chi connectivity index (χ3n) is 4.84. The summed E-state index contributed by atoms with van der Waals surface area (Å²) in [6.07, 6.45) is 1.10. The molecule has 28 heavy (non-hydrogen) atoms. The molecule has 1 atom stereocenters. The molecule has 0 radical (unpaired) electrons. The van der Waals surface area contributed by atoms with Crippen molar-refractivity contribution < 1.29 is 9.13 Å². The van der Waals surface area contributed by atoms with E-state index in [2.05, 4.69) is 22.4 Å². The van der Waals surface area contributed by atoms with Crippen LogP contribution in [0.5, 0.6) is 5.75 Å². The first-order valence-corrected chi connectivity index (χ1v) is 9.58. The number of pyridine rings is 1. The minimum atomic E-state index is -0.612. The van der Waals surface area contributed by atoms with Gasteiger partial charge in [0.1, 0.15) is 11.9 Å². The summed E-state index contributed by atoms with van der Waals surface area (Å²) in [5.41, 5.74) is 10.8. The van der Waals surface area contributed by atoms with E-state index in [9.17, 15) is 4.39 Å². The first kappa shape index (κ1) is 19.0. The number of ether oxygens (including phenoxy) is 1. The highest BCUT2D eigenvalue weighted by Gasteiger charge is 2.20. The monoisotopic (exact) mass is 417 g/mol. The maximum absolute atomic E-state index is 13.8. The van der Waals surface area contributed by atoms with Crippen LogP contribution in [0, 0.1) is 5.82 Å². The van der Waals surface area contributed by atoms with E-state index in [1.54, 1.807) is 13.1 Å². The van der Waals surface area contributed by atoms with Crippen LogP contribution >= 0.6 is 23.2 Å². The number of nitrogen functional groups attached to an aromatic ring is 1. The van der Waals surface area contributed by atoms with Gasteiger partial charge < -0.3 is 15.8 Å². The molecule has 2 aromatic carbocycles. The average molecular weight is 418 g/mol. The number of anilines is 1. The van der Waals surface area contributed by atoms with Crippen LogP contribution in [0.25, 0.3) is 11.1 Å². The molecule has 0 bridgehead atoms. The second-order valence-corrected chi connectivity index (χ2v) is 7.50. The Morgan fingerprint density at radius 3 is 2.71 bits per heavy atom. The Hall–Kier alpha value is -2.34. The van der Waals surface area contributed by atoms with Crippen LogP contribution in [0.15, 0.2) is 42.6 Å². The smallest absolute Gasteiger partial charge is 0.166 e. The van der Waals surface area contributed by atoms with Crippen LogP contribution in [-0.4, -0.2) is 4.98 Å². The molecule has 3 aromatic rings. The highest BCUT2D eigenvalue weighted by molar-refractivity contribution is 6.36. The molecular formula is C21H18Cl2FN3O. The second kappa shape index (κ2) is 7.59. The minimum absolute atomic E-state index is 0.0613. The van der Waals surface area contributed by atoms with Crippen molar-refractivity contribution in [3.8, 4) is 16.9 Å². The van der Waals surface area contributed by atoms with Gasteiger partial charge in [-0.05, 0) is 47.9 Å². The minimum Gasteiger partial charge on any atom is -0.482 e. The molecule has 1 aromatic heterocycles. The first-order valence-electron chi connectivity index (χ1n) is 8.82. The molecule has 2 heterocycles. The largest absolute Gasteiger partial charge is 0.482 e. The third kappa shape index (κ3) is 3.53. The van der Waals surface area contributed by atoms with Gasteiger partial charge in [0.2, 0.25) is 0 Å². The maximum atomic E-state index is 13.8. The van der Waals surface area contributed by atoms with E-state index in [0.29, 0.717) is 16.3 Å². The Morgan fingerprint density at radius 2 is 1.89 bits per heavy atom. The lowest BCUT2D eigenvalue weighted by atomic mass is 10.0. The number of nitrogens with two attached hydrogens (primary N) is 1. The van der Waals surface area contributed by atoms with Crippen LogP contribution < -0.4 is 15.8 Å². The molecule has 0 amide bonds. The zero-order valence-corrected chi connectivity index (χ0v) is 16.6. The van der Waals surface area contributed by atoms with Gasteiger partial charge in [0.15, 0.2) is 11.6 Å². The number of aromatic nitrogens is 1. The zero-order chi connectivity index (χ0) is 19.8. The molecule has 0 aliphatic carbocycles. The van der Waals surface area contributed by atoms with Crippen molar-refractivity contribution in [2.24, 2.45) is 0 Å². The van der Waals surface area contributed by atoms with Crippen molar-refractivity contribution in [2.45, 2.75) is 26.1 Å². The van der Waals surface area contributed by atoms with E-state index in [-0.39, 0.29) is 10.8 Å². The van der Waals surface area contributed by atoms with E-state index in [1.165, 1.54) is 23.3 Å². The summed E-state index contributed by atoms with van der Waals surface area (Å²) >= 11 is 12.3. The summed E-state index contributed by atoms with van der Waals surface area (Å²) in [5, 5.41) is 3.60. The van der Waals surface area contributed by atoms with E-state index in [4.69, 9.17) is 33.7 Å². The normalized spacial score (nSPS) is 14.0. The molecular weight excluding hydrogens is 400 g/mol. The van der Waals surface area contributed by atoms with E-state index >= 15 is 0 Å². The van der Waals surface area contributed by atoms with Crippen LogP contribution in [0.4, 0.5) is 10.2 Å². The lowest BCUT2D eigenvalue weighted by Crippen LogP contribution is -2.08. The maximum Gasteiger partial charge on any atom is 0.166 e. The molecule has 0 saturated carbocycles. The number of rotatable bonds is 4. The van der Waals surface area contributed by atoms with E-state index in [0.717, 1.165) is 24.2 Å². The Morgan fingerprint density at radius 1 is 1.11 bits per heavy atom. The Labute approximate surface area is 172 Å². The lowest BCUT2D eigenvalue weighted by Gasteiger charge is -2.19. The zero-order valence-electron chi connectivity index (χ0n) is 15.1. The topological polar surface area (TPSA) is 60.2 Å². The van der Waals surface area contributed by atoms with Gasteiger partial charge in [0, 0.05) is 35.4 Å². The number of hydrogen-bond acceptors (Lipinski definition) is 4. The Balaban J connectivity index is 1.66. The predicted octanol–water partition coefficient (Wildman–Crippen LogP) is 5.52. The van der Waals surface area contributed by atoms with Gasteiger partial charge in [-0.25, -0.2) is 9.37 Å². The van der Waals surface area contributed by atoms with Crippen molar-refractivity contribution in [3.05, 3.63) is 75.1 Å². The fourth-order valence-corrected chi connectivity index (χ4v) is 4.02. The quantitative estimate of drug-likeness (QED) is 0.548. The fourth-order valence-electron chi connectivity index (χ4n) is 3.35. The van der Waals surface area contributed by atoms with E-state index < -0.39 is 11.9 Å². The van der Waals surface area contributed by atoms with Gasteiger partial charge in [-0.2, -0.15) is 0 Å². The Bertz CT molecular complexity index is 1060. The van der Waals surface area contributed by atoms with Gasteiger partial charge in [-0.15, -0.1) is 0 Å². The summed E-state index contributed by atoms with van der Waals surface area (Å²) in [4.78, 5) is 4.26. The predicted molar refractivity (Wildman–Crippen MR) is 110 cm³/mol. The molecule has 144 valence electrons. The van der Waals surface area contributed by atoms with Gasteiger partial charge >= 0.3 is 0 Å². The van der Waals surface area contributed by atoms with Crippen LogP contribution in [0.3, 0.4) is 0 Å². The summed E-state index contributed by atoms with van der Waals surface area (Å²) < 4.78 is 19.8. The van der Waals surface area contributed by atoms with E-state index in [1.807, 2.05) is 12.1 Å². The lowest BCUT2D eigenvalue weighted by molar-refractivity contribution is 0.227. The first-order chi connectivity index (χ1) is 13.4.